The number of rotatable bonds is 3. The van der Waals surface area contributed by atoms with E-state index in [0.717, 1.165) is 16.7 Å². The van der Waals surface area contributed by atoms with Crippen LogP contribution in [-0.2, 0) is 7.05 Å². The number of anilines is 1. The fourth-order valence-corrected chi connectivity index (χ4v) is 2.02. The summed E-state index contributed by atoms with van der Waals surface area (Å²) in [5.41, 5.74) is 1.34. The molecule has 0 bridgehead atoms. The summed E-state index contributed by atoms with van der Waals surface area (Å²) >= 11 is 0. The number of fused-ring (bicyclic) bond motifs is 1. The number of nitrogens with one attached hydrogen (secondary N) is 2. The molecule has 0 spiro atoms. The average Bonchev–Trinajstić information content (AvgIpc) is 3.03. The molecule has 6 nitrogen and oxygen atoms in total. The summed E-state index contributed by atoms with van der Waals surface area (Å²) in [6.45, 7) is 0. The van der Waals surface area contributed by atoms with Crippen LogP contribution >= 0.6 is 0 Å². The maximum atomic E-state index is 12.1. The van der Waals surface area contributed by atoms with Gasteiger partial charge in [-0.05, 0) is 18.2 Å². The van der Waals surface area contributed by atoms with E-state index in [2.05, 4.69) is 15.4 Å². The first-order valence-corrected chi connectivity index (χ1v) is 6.13. The first kappa shape index (κ1) is 12.3. The minimum absolute atomic E-state index is 0.223. The molecule has 0 aliphatic rings. The summed E-state index contributed by atoms with van der Waals surface area (Å²) in [6, 6.07) is 9.16. The Hall–Kier alpha value is -2.76. The van der Waals surface area contributed by atoms with Crippen LogP contribution in [-0.4, -0.2) is 27.8 Å². The van der Waals surface area contributed by atoms with Gasteiger partial charge >= 0.3 is 0 Å². The van der Waals surface area contributed by atoms with Gasteiger partial charge in [0.25, 0.3) is 5.91 Å². The van der Waals surface area contributed by atoms with E-state index < -0.39 is 0 Å². The smallest absolute Gasteiger partial charge is 0.273 e. The summed E-state index contributed by atoms with van der Waals surface area (Å²) < 4.78 is 6.79. The zero-order valence-electron chi connectivity index (χ0n) is 11.2. The SMILES string of the molecule is COc1ccc2cc(C(=O)Nc3ccn(C)n3)[nH]c2c1. The highest BCUT2D eigenvalue weighted by molar-refractivity contribution is 6.05. The minimum Gasteiger partial charge on any atom is -0.497 e. The molecule has 1 aromatic carbocycles. The number of ether oxygens (including phenoxy) is 1. The molecule has 20 heavy (non-hydrogen) atoms. The van der Waals surface area contributed by atoms with Gasteiger partial charge in [-0.15, -0.1) is 0 Å². The molecule has 2 N–H and O–H groups in total. The number of amides is 1. The number of aromatic amines is 1. The van der Waals surface area contributed by atoms with Crippen LogP contribution in [0.25, 0.3) is 10.9 Å². The van der Waals surface area contributed by atoms with Gasteiger partial charge in [0.2, 0.25) is 0 Å². The van der Waals surface area contributed by atoms with Crippen LogP contribution < -0.4 is 10.1 Å². The zero-order valence-corrected chi connectivity index (χ0v) is 11.2. The van der Waals surface area contributed by atoms with Crippen molar-refractivity contribution in [2.24, 2.45) is 7.05 Å². The summed E-state index contributed by atoms with van der Waals surface area (Å²) in [6.07, 6.45) is 1.77. The highest BCUT2D eigenvalue weighted by Crippen LogP contribution is 2.21. The lowest BCUT2D eigenvalue weighted by atomic mass is 10.2. The van der Waals surface area contributed by atoms with Gasteiger partial charge in [0.1, 0.15) is 11.4 Å². The van der Waals surface area contributed by atoms with Gasteiger partial charge in [0.15, 0.2) is 5.82 Å². The van der Waals surface area contributed by atoms with E-state index in [4.69, 9.17) is 4.74 Å². The van der Waals surface area contributed by atoms with Gasteiger partial charge in [-0.2, -0.15) is 5.10 Å². The van der Waals surface area contributed by atoms with Gasteiger partial charge in [-0.1, -0.05) is 0 Å². The third-order valence-corrected chi connectivity index (χ3v) is 3.03. The molecule has 1 amide bonds. The molecule has 3 rings (SSSR count). The van der Waals surface area contributed by atoms with Crippen LogP contribution in [0.3, 0.4) is 0 Å². The molecule has 0 unspecified atom stereocenters. The standard InChI is InChI=1S/C14H14N4O2/c1-18-6-5-13(17-18)16-14(19)12-7-9-3-4-10(20-2)8-11(9)15-12/h3-8,15H,1-2H3,(H,16,17,19). The number of aryl methyl sites for hydroxylation is 1. The van der Waals surface area contributed by atoms with E-state index in [1.807, 2.05) is 18.2 Å². The number of aromatic nitrogens is 3. The third kappa shape index (κ3) is 2.23. The number of carbonyl (C=O) groups is 1. The number of H-pyrrole nitrogens is 1. The normalized spacial score (nSPS) is 10.7. The first-order chi connectivity index (χ1) is 9.65. The Morgan fingerprint density at radius 2 is 2.20 bits per heavy atom. The quantitative estimate of drug-likeness (QED) is 0.766. The lowest BCUT2D eigenvalue weighted by Crippen LogP contribution is -2.12. The molecule has 0 fully saturated rings. The van der Waals surface area contributed by atoms with E-state index in [1.54, 1.807) is 37.2 Å². The van der Waals surface area contributed by atoms with Crippen molar-refractivity contribution < 1.29 is 9.53 Å². The number of hydrogen-bond donors (Lipinski definition) is 2. The summed E-state index contributed by atoms with van der Waals surface area (Å²) in [7, 11) is 3.41. The van der Waals surface area contributed by atoms with E-state index in [9.17, 15) is 4.79 Å². The predicted octanol–water partition coefficient (Wildman–Crippen LogP) is 2.16. The Labute approximate surface area is 115 Å². The van der Waals surface area contributed by atoms with Crippen LogP contribution in [0.15, 0.2) is 36.5 Å². The molecule has 3 aromatic rings. The number of methoxy groups -OCH3 is 1. The lowest BCUT2D eigenvalue weighted by molar-refractivity contribution is 0.102. The number of benzene rings is 1. The van der Waals surface area contributed by atoms with Gasteiger partial charge in [0.05, 0.1) is 7.11 Å². The monoisotopic (exact) mass is 270 g/mol. The molecule has 6 heteroatoms. The van der Waals surface area contributed by atoms with Crippen molar-refractivity contribution in [3.8, 4) is 5.75 Å². The summed E-state index contributed by atoms with van der Waals surface area (Å²) in [5, 5.41) is 7.80. The Bertz CT molecular complexity index is 772. The highest BCUT2D eigenvalue weighted by atomic mass is 16.5. The molecule has 102 valence electrons. The van der Waals surface area contributed by atoms with Gasteiger partial charge in [-0.3, -0.25) is 9.48 Å². The van der Waals surface area contributed by atoms with E-state index in [-0.39, 0.29) is 5.91 Å². The second-order valence-corrected chi connectivity index (χ2v) is 4.46. The fraction of sp³-hybridized carbons (Fsp3) is 0.143. The largest absolute Gasteiger partial charge is 0.497 e. The number of carbonyl (C=O) groups excluding carboxylic acids is 1. The topological polar surface area (TPSA) is 71.9 Å². The van der Waals surface area contributed by atoms with Crippen molar-refractivity contribution in [1.82, 2.24) is 14.8 Å². The molecule has 0 aliphatic heterocycles. The summed E-state index contributed by atoms with van der Waals surface area (Å²) in [5.74, 6) is 1.05. The number of hydrogen-bond acceptors (Lipinski definition) is 3. The van der Waals surface area contributed by atoms with Crippen molar-refractivity contribution in [2.45, 2.75) is 0 Å². The van der Waals surface area contributed by atoms with Crippen molar-refractivity contribution in [1.29, 1.82) is 0 Å². The van der Waals surface area contributed by atoms with E-state index >= 15 is 0 Å². The van der Waals surface area contributed by atoms with Crippen molar-refractivity contribution in [3.63, 3.8) is 0 Å². The molecular formula is C14H14N4O2. The van der Waals surface area contributed by atoms with Gasteiger partial charge < -0.3 is 15.0 Å². The third-order valence-electron chi connectivity index (χ3n) is 3.03. The van der Waals surface area contributed by atoms with Crippen molar-refractivity contribution >= 4 is 22.6 Å². The molecule has 0 atom stereocenters. The van der Waals surface area contributed by atoms with Crippen molar-refractivity contribution in [3.05, 3.63) is 42.2 Å². The first-order valence-electron chi connectivity index (χ1n) is 6.13. The van der Waals surface area contributed by atoms with Crippen LogP contribution in [0.1, 0.15) is 10.5 Å². The van der Waals surface area contributed by atoms with E-state index in [0.29, 0.717) is 11.5 Å². The molecule has 0 saturated heterocycles. The molecule has 0 radical (unpaired) electrons. The molecule has 2 heterocycles. The Balaban J connectivity index is 1.87. The number of nitrogens with zero attached hydrogens (tertiary/aromatic N) is 2. The van der Waals surface area contributed by atoms with Crippen LogP contribution in [0.4, 0.5) is 5.82 Å². The lowest BCUT2D eigenvalue weighted by Gasteiger charge is -1.99. The minimum atomic E-state index is -0.223. The molecule has 0 saturated carbocycles. The second-order valence-electron chi connectivity index (χ2n) is 4.46. The van der Waals surface area contributed by atoms with Gasteiger partial charge in [-0.25, -0.2) is 0 Å². The van der Waals surface area contributed by atoms with Gasteiger partial charge in [0, 0.05) is 36.3 Å². The van der Waals surface area contributed by atoms with Crippen LogP contribution in [0.2, 0.25) is 0 Å². The molecular weight excluding hydrogens is 256 g/mol. The van der Waals surface area contributed by atoms with Crippen LogP contribution in [0, 0.1) is 0 Å². The Kier molecular flexibility index (Phi) is 2.90. The second kappa shape index (κ2) is 4.73. The maximum absolute atomic E-state index is 12.1. The molecule has 2 aromatic heterocycles. The molecule has 0 aliphatic carbocycles. The van der Waals surface area contributed by atoms with Crippen molar-refractivity contribution in [2.75, 3.05) is 12.4 Å². The maximum Gasteiger partial charge on any atom is 0.273 e. The Morgan fingerprint density at radius 3 is 2.90 bits per heavy atom. The predicted molar refractivity (Wildman–Crippen MR) is 76.0 cm³/mol. The highest BCUT2D eigenvalue weighted by Gasteiger charge is 2.11. The average molecular weight is 270 g/mol. The van der Waals surface area contributed by atoms with Crippen LogP contribution in [0.5, 0.6) is 5.75 Å². The fourth-order valence-electron chi connectivity index (χ4n) is 2.02. The Morgan fingerprint density at radius 1 is 1.35 bits per heavy atom. The zero-order chi connectivity index (χ0) is 14.1. The summed E-state index contributed by atoms with van der Waals surface area (Å²) in [4.78, 5) is 15.2. The van der Waals surface area contributed by atoms with E-state index in [1.165, 1.54) is 0 Å².